The Kier molecular flexibility index (Phi) is 6.89. The second kappa shape index (κ2) is 8.91. The van der Waals surface area contributed by atoms with Crippen molar-refractivity contribution in [2.24, 2.45) is 0 Å². The number of nitrogens with one attached hydrogen (secondary N) is 1. The van der Waals surface area contributed by atoms with Gasteiger partial charge in [0, 0.05) is 23.1 Å². The van der Waals surface area contributed by atoms with Gasteiger partial charge < -0.3 is 19.5 Å². The summed E-state index contributed by atoms with van der Waals surface area (Å²) in [7, 11) is 4.62. The second-order valence-corrected chi connectivity index (χ2v) is 6.86. The average Bonchev–Trinajstić information content (AvgIpc) is 3.10. The summed E-state index contributed by atoms with van der Waals surface area (Å²) in [6.45, 7) is 0.663. The highest BCUT2D eigenvalue weighted by Crippen LogP contribution is 2.38. The maximum Gasteiger partial charge on any atom is 0.251 e. The number of amides is 1. The standard InChI is InChI=1S/C17H25NO4S/c1-20-14-10-12(11-15(21-2)16(14)22-3)17(19)18-8-9-23-13-6-4-5-7-13/h10-11,13H,4-9H2,1-3H3,(H,18,19). The molecule has 2 rings (SSSR count). The third-order valence-electron chi connectivity index (χ3n) is 3.97. The van der Waals surface area contributed by atoms with Gasteiger partial charge >= 0.3 is 0 Å². The zero-order valence-electron chi connectivity index (χ0n) is 14.0. The third-order valence-corrected chi connectivity index (χ3v) is 5.35. The monoisotopic (exact) mass is 339 g/mol. The summed E-state index contributed by atoms with van der Waals surface area (Å²) in [6, 6.07) is 3.33. The molecule has 0 atom stereocenters. The maximum atomic E-state index is 12.3. The molecule has 0 unspecified atom stereocenters. The number of rotatable bonds is 8. The number of thioether (sulfide) groups is 1. The molecule has 1 aromatic carbocycles. The molecule has 1 aromatic rings. The molecule has 1 amide bonds. The predicted molar refractivity (Wildman–Crippen MR) is 93.1 cm³/mol. The van der Waals surface area contributed by atoms with Crippen LogP contribution in [-0.4, -0.2) is 44.8 Å². The van der Waals surface area contributed by atoms with Crippen molar-refractivity contribution in [1.29, 1.82) is 0 Å². The zero-order valence-corrected chi connectivity index (χ0v) is 14.8. The molecule has 5 nitrogen and oxygen atoms in total. The first kappa shape index (κ1) is 17.8. The van der Waals surface area contributed by atoms with Crippen molar-refractivity contribution in [3.8, 4) is 17.2 Å². The molecular weight excluding hydrogens is 314 g/mol. The second-order valence-electron chi connectivity index (χ2n) is 5.45. The predicted octanol–water partition coefficient (Wildman–Crippen LogP) is 3.12. The number of hydrogen-bond acceptors (Lipinski definition) is 5. The molecule has 6 heteroatoms. The minimum Gasteiger partial charge on any atom is -0.493 e. The quantitative estimate of drug-likeness (QED) is 0.738. The molecule has 128 valence electrons. The van der Waals surface area contributed by atoms with Crippen molar-refractivity contribution in [3.05, 3.63) is 17.7 Å². The summed E-state index contributed by atoms with van der Waals surface area (Å²) in [5.74, 6) is 2.27. The van der Waals surface area contributed by atoms with Crippen molar-refractivity contribution in [3.63, 3.8) is 0 Å². The van der Waals surface area contributed by atoms with E-state index in [0.29, 0.717) is 29.4 Å². The van der Waals surface area contributed by atoms with E-state index in [9.17, 15) is 4.79 Å². The van der Waals surface area contributed by atoms with Crippen LogP contribution < -0.4 is 19.5 Å². The van der Waals surface area contributed by atoms with Gasteiger partial charge in [0.2, 0.25) is 5.75 Å². The Labute approximate surface area is 142 Å². The van der Waals surface area contributed by atoms with E-state index in [0.717, 1.165) is 11.0 Å². The van der Waals surface area contributed by atoms with Crippen LogP contribution in [0.2, 0.25) is 0 Å². The summed E-state index contributed by atoms with van der Waals surface area (Å²) in [6.07, 6.45) is 5.31. The number of methoxy groups -OCH3 is 3. The molecule has 0 spiro atoms. The highest BCUT2D eigenvalue weighted by molar-refractivity contribution is 7.99. The van der Waals surface area contributed by atoms with Gasteiger partial charge in [-0.3, -0.25) is 4.79 Å². The molecule has 1 fully saturated rings. The molecule has 1 N–H and O–H groups in total. The largest absolute Gasteiger partial charge is 0.493 e. The topological polar surface area (TPSA) is 56.8 Å². The highest BCUT2D eigenvalue weighted by Gasteiger charge is 2.17. The van der Waals surface area contributed by atoms with Crippen LogP contribution in [0.3, 0.4) is 0 Å². The summed E-state index contributed by atoms with van der Waals surface area (Å²) in [5, 5.41) is 3.72. The minimum atomic E-state index is -0.128. The van der Waals surface area contributed by atoms with Gasteiger partial charge in [-0.1, -0.05) is 12.8 Å². The normalized spacial score (nSPS) is 14.6. The van der Waals surface area contributed by atoms with Crippen LogP contribution in [0.25, 0.3) is 0 Å². The Morgan fingerprint density at radius 1 is 1.13 bits per heavy atom. The smallest absolute Gasteiger partial charge is 0.251 e. The Morgan fingerprint density at radius 2 is 1.74 bits per heavy atom. The van der Waals surface area contributed by atoms with E-state index in [1.807, 2.05) is 11.8 Å². The third kappa shape index (κ3) is 4.70. The Morgan fingerprint density at radius 3 is 2.26 bits per heavy atom. The van der Waals surface area contributed by atoms with E-state index >= 15 is 0 Å². The van der Waals surface area contributed by atoms with Gasteiger partial charge in [0.05, 0.1) is 21.3 Å². The fourth-order valence-corrected chi connectivity index (χ4v) is 3.98. The van der Waals surface area contributed by atoms with E-state index in [1.54, 1.807) is 19.2 Å². The van der Waals surface area contributed by atoms with Crippen LogP contribution >= 0.6 is 11.8 Å². The van der Waals surface area contributed by atoms with E-state index in [1.165, 1.54) is 39.9 Å². The van der Waals surface area contributed by atoms with Crippen LogP contribution in [0.15, 0.2) is 12.1 Å². The van der Waals surface area contributed by atoms with Crippen LogP contribution in [0, 0.1) is 0 Å². The molecular formula is C17H25NO4S. The number of benzene rings is 1. The lowest BCUT2D eigenvalue weighted by Gasteiger charge is -2.14. The molecule has 1 saturated carbocycles. The number of carbonyl (C=O) groups is 1. The number of carbonyl (C=O) groups excluding carboxylic acids is 1. The Hall–Kier alpha value is -1.56. The van der Waals surface area contributed by atoms with Crippen molar-refractivity contribution in [2.45, 2.75) is 30.9 Å². The van der Waals surface area contributed by atoms with Crippen LogP contribution in [0.1, 0.15) is 36.0 Å². The van der Waals surface area contributed by atoms with E-state index in [-0.39, 0.29) is 5.91 Å². The van der Waals surface area contributed by atoms with Crippen LogP contribution in [0.5, 0.6) is 17.2 Å². The first-order valence-electron chi connectivity index (χ1n) is 7.89. The van der Waals surface area contributed by atoms with E-state index in [4.69, 9.17) is 14.2 Å². The zero-order chi connectivity index (χ0) is 16.7. The van der Waals surface area contributed by atoms with Gasteiger partial charge in [0.15, 0.2) is 11.5 Å². The summed E-state index contributed by atoms with van der Waals surface area (Å²) in [4.78, 5) is 12.3. The highest BCUT2D eigenvalue weighted by atomic mass is 32.2. The van der Waals surface area contributed by atoms with Crippen molar-refractivity contribution < 1.29 is 19.0 Å². The van der Waals surface area contributed by atoms with Gasteiger partial charge in [0.1, 0.15) is 0 Å². The molecule has 0 aromatic heterocycles. The summed E-state index contributed by atoms with van der Waals surface area (Å²) in [5.41, 5.74) is 0.505. The average molecular weight is 339 g/mol. The van der Waals surface area contributed by atoms with Crippen LogP contribution in [-0.2, 0) is 0 Å². The Balaban J connectivity index is 1.92. The molecule has 0 heterocycles. The van der Waals surface area contributed by atoms with E-state index in [2.05, 4.69) is 5.32 Å². The molecule has 23 heavy (non-hydrogen) atoms. The first-order chi connectivity index (χ1) is 11.2. The summed E-state index contributed by atoms with van der Waals surface area (Å²) < 4.78 is 15.8. The SMILES string of the molecule is COc1cc(C(=O)NCCSC2CCCC2)cc(OC)c1OC. The fourth-order valence-electron chi connectivity index (χ4n) is 2.76. The fraction of sp³-hybridized carbons (Fsp3) is 0.588. The maximum absolute atomic E-state index is 12.3. The van der Waals surface area contributed by atoms with Crippen molar-refractivity contribution in [1.82, 2.24) is 5.32 Å². The van der Waals surface area contributed by atoms with Gasteiger partial charge in [-0.15, -0.1) is 0 Å². The van der Waals surface area contributed by atoms with Gasteiger partial charge in [-0.05, 0) is 25.0 Å². The molecule has 0 radical (unpaired) electrons. The molecule has 0 saturated heterocycles. The van der Waals surface area contributed by atoms with Gasteiger partial charge in [-0.25, -0.2) is 0 Å². The van der Waals surface area contributed by atoms with Crippen molar-refractivity contribution >= 4 is 17.7 Å². The summed E-state index contributed by atoms with van der Waals surface area (Å²) >= 11 is 1.96. The minimum absolute atomic E-state index is 0.128. The van der Waals surface area contributed by atoms with Crippen LogP contribution in [0.4, 0.5) is 0 Å². The lowest BCUT2D eigenvalue weighted by atomic mass is 10.1. The van der Waals surface area contributed by atoms with E-state index < -0.39 is 0 Å². The van der Waals surface area contributed by atoms with Crippen molar-refractivity contribution in [2.75, 3.05) is 33.6 Å². The number of hydrogen-bond donors (Lipinski definition) is 1. The first-order valence-corrected chi connectivity index (χ1v) is 8.94. The van der Waals surface area contributed by atoms with Gasteiger partial charge in [0.25, 0.3) is 5.91 Å². The lowest BCUT2D eigenvalue weighted by Crippen LogP contribution is -2.26. The molecule has 1 aliphatic carbocycles. The molecule has 0 aliphatic heterocycles. The molecule has 1 aliphatic rings. The lowest BCUT2D eigenvalue weighted by molar-refractivity contribution is 0.0955. The molecule has 0 bridgehead atoms. The van der Waals surface area contributed by atoms with Gasteiger partial charge in [-0.2, -0.15) is 11.8 Å². The Bertz CT molecular complexity index is 504. The number of ether oxygens (including phenoxy) is 3.